The molecule has 4 radical (unpaired) electrons. The molecule has 0 aromatic heterocycles. The van der Waals surface area contributed by atoms with E-state index in [0.29, 0.717) is 0 Å². The van der Waals surface area contributed by atoms with Gasteiger partial charge in [0.2, 0.25) is 0 Å². The summed E-state index contributed by atoms with van der Waals surface area (Å²) in [5.74, 6) is 0. The molecule has 0 amide bonds. The van der Waals surface area contributed by atoms with Crippen LogP contribution in [0.4, 0.5) is 0 Å². The molecule has 0 aromatic carbocycles. The first-order chi connectivity index (χ1) is 0. The average Bonchev–Trinajstić information content (AvgIpc) is 0. The van der Waals surface area contributed by atoms with Gasteiger partial charge in [0.25, 0.3) is 0 Å². The van der Waals surface area contributed by atoms with E-state index in [-0.39, 0.29) is 105 Å². The van der Waals surface area contributed by atoms with Crippen LogP contribution < -0.4 is 0 Å². The molecule has 0 bridgehead atoms. The Morgan fingerprint density at radius 3 is 0.667 bits per heavy atom. The topological polar surface area (TPSA) is 0 Å². The van der Waals surface area contributed by atoms with Gasteiger partial charge in [0.1, 0.15) is 0 Å². The molecule has 0 spiro atoms. The van der Waals surface area contributed by atoms with E-state index < -0.39 is 0 Å². The van der Waals surface area contributed by atoms with E-state index >= 15 is 0 Å². The van der Waals surface area contributed by atoms with Gasteiger partial charge in [0, 0.05) is 87.8 Å². The molecule has 6 heteroatoms. The monoisotopic (exact) mass is 330 g/mol. The van der Waals surface area contributed by atoms with Gasteiger partial charge in [-0.15, -0.1) is 0 Å². The van der Waals surface area contributed by atoms with Gasteiger partial charge in [-0.2, -0.15) is 0 Å². The molecule has 0 unspecified atom stereocenters. The fourth-order valence-corrected chi connectivity index (χ4v) is 0. The van der Waals surface area contributed by atoms with Crippen LogP contribution in [-0.2, 0) is 87.8 Å². The molecule has 0 nitrogen and oxygen atoms in total. The quantitative estimate of drug-likeness (QED) is 0.489. The van der Waals surface area contributed by atoms with Crippen LogP contribution in [0.25, 0.3) is 0 Å². The summed E-state index contributed by atoms with van der Waals surface area (Å²) in [6.07, 6.45) is 0. The van der Waals surface area contributed by atoms with Gasteiger partial charge in [0.15, 0.2) is 17.4 Å². The molecule has 0 aromatic rings. The fourth-order valence-electron chi connectivity index (χ4n) is 0. The van der Waals surface area contributed by atoms with Crippen molar-refractivity contribution >= 4 is 17.4 Å². The van der Waals surface area contributed by atoms with E-state index in [1.807, 2.05) is 0 Å². The zero-order valence-corrected chi connectivity index (χ0v) is 9.28. The second-order valence-electron chi connectivity index (χ2n) is 0. The standard InChI is InChI=1S/Al.2Cu.2Mn.Zn.3H. The number of rotatable bonds is 0. The summed E-state index contributed by atoms with van der Waals surface area (Å²) in [6, 6.07) is 0. The molecular formula is H3AlCu2Mn2Zn. The van der Waals surface area contributed by atoms with Crippen LogP contribution in [0.1, 0.15) is 0 Å². The zero-order chi connectivity index (χ0) is 0. The Morgan fingerprint density at radius 1 is 0.667 bits per heavy atom. The second-order valence-corrected chi connectivity index (χ2v) is 0. The normalized spacial score (nSPS) is 0. The first-order valence-electron chi connectivity index (χ1n) is 0. The maximum atomic E-state index is 0. The third kappa shape index (κ3) is 26.9. The molecule has 0 aliphatic heterocycles. The summed E-state index contributed by atoms with van der Waals surface area (Å²) in [4.78, 5) is 0. The van der Waals surface area contributed by atoms with E-state index in [4.69, 9.17) is 0 Å². The van der Waals surface area contributed by atoms with Crippen LogP contribution >= 0.6 is 0 Å². The maximum Gasteiger partial charge on any atom is 0.187 e. The molecule has 0 aliphatic carbocycles. The summed E-state index contributed by atoms with van der Waals surface area (Å²) < 4.78 is 0. The molecule has 6 heavy (non-hydrogen) atoms. The van der Waals surface area contributed by atoms with Crippen molar-refractivity contribution in [3.05, 3.63) is 0 Å². The molecule has 0 fully saturated rings. The SMILES string of the molecule is [AlH3].[Cu].[Cu].[Mn].[Mn].[Zn]. The number of hydrogen-bond donors (Lipinski definition) is 0. The molecule has 0 heterocycles. The van der Waals surface area contributed by atoms with Gasteiger partial charge in [-0.1, -0.05) is 0 Å². The summed E-state index contributed by atoms with van der Waals surface area (Å²) in [6.45, 7) is 0. The zero-order valence-electron chi connectivity index (χ0n) is 2.07. The van der Waals surface area contributed by atoms with E-state index in [2.05, 4.69) is 0 Å². The first kappa shape index (κ1) is 59.9. The summed E-state index contributed by atoms with van der Waals surface area (Å²) >= 11 is 0. The molecule has 0 rings (SSSR count). The molecule has 0 saturated carbocycles. The molecule has 0 aliphatic rings. The van der Waals surface area contributed by atoms with Crippen molar-refractivity contribution in [3.63, 3.8) is 0 Å². The number of hydrogen-bond acceptors (Lipinski definition) is 0. The maximum absolute atomic E-state index is 0. The fraction of sp³-hybridized carbons (Fsp3) is 0. The first-order valence-corrected chi connectivity index (χ1v) is 0. The van der Waals surface area contributed by atoms with Gasteiger partial charge >= 0.3 is 0 Å². The van der Waals surface area contributed by atoms with Crippen LogP contribution in [0.5, 0.6) is 0 Å². The predicted molar refractivity (Wildman–Crippen MR) is 9.94 cm³/mol. The van der Waals surface area contributed by atoms with E-state index in [1.165, 1.54) is 0 Å². The predicted octanol–water partition coefficient (Wildman–Crippen LogP) is -1.20. The Balaban J connectivity index is 0. The average molecular weight is 332 g/mol. The van der Waals surface area contributed by atoms with E-state index in [1.54, 1.807) is 0 Å². The van der Waals surface area contributed by atoms with Crippen LogP contribution in [0.15, 0.2) is 0 Å². The Morgan fingerprint density at radius 2 is 0.667 bits per heavy atom. The largest absolute Gasteiger partial charge is 0.187 e. The molecule has 0 saturated heterocycles. The van der Waals surface area contributed by atoms with Gasteiger partial charge in [0.05, 0.1) is 0 Å². The summed E-state index contributed by atoms with van der Waals surface area (Å²) in [7, 11) is 0. The Bertz CT molecular complexity index is 11.5. The molecular weight excluding hydrogens is 329 g/mol. The van der Waals surface area contributed by atoms with Gasteiger partial charge < -0.3 is 0 Å². The minimum Gasteiger partial charge on any atom is 0 e. The van der Waals surface area contributed by atoms with Crippen molar-refractivity contribution in [1.82, 2.24) is 0 Å². The van der Waals surface area contributed by atoms with Gasteiger partial charge in [-0.25, -0.2) is 0 Å². The van der Waals surface area contributed by atoms with Crippen molar-refractivity contribution in [2.24, 2.45) is 0 Å². The second kappa shape index (κ2) is 41.2. The Kier molecular flexibility index (Phi) is 411. The molecule has 0 atom stereocenters. The Hall–Kier alpha value is 3.23. The van der Waals surface area contributed by atoms with Gasteiger partial charge in [-0.05, 0) is 0 Å². The van der Waals surface area contributed by atoms with Gasteiger partial charge in [-0.3, -0.25) is 0 Å². The van der Waals surface area contributed by atoms with Crippen molar-refractivity contribution < 1.29 is 87.8 Å². The smallest absolute Gasteiger partial charge is 0 e. The third-order valence-electron chi connectivity index (χ3n) is 0. The molecule has 44 valence electrons. The van der Waals surface area contributed by atoms with Crippen LogP contribution in [0.3, 0.4) is 0 Å². The summed E-state index contributed by atoms with van der Waals surface area (Å²) in [5, 5.41) is 0. The minimum atomic E-state index is 0. The van der Waals surface area contributed by atoms with Crippen molar-refractivity contribution in [3.8, 4) is 0 Å². The van der Waals surface area contributed by atoms with E-state index in [0.717, 1.165) is 0 Å². The van der Waals surface area contributed by atoms with Crippen LogP contribution in [0.2, 0.25) is 0 Å². The third-order valence-corrected chi connectivity index (χ3v) is 0. The minimum absolute atomic E-state index is 0. The van der Waals surface area contributed by atoms with E-state index in [9.17, 15) is 0 Å². The van der Waals surface area contributed by atoms with Crippen molar-refractivity contribution in [1.29, 1.82) is 0 Å². The summed E-state index contributed by atoms with van der Waals surface area (Å²) in [5.41, 5.74) is 0. The van der Waals surface area contributed by atoms with Crippen molar-refractivity contribution in [2.45, 2.75) is 0 Å². The van der Waals surface area contributed by atoms with Crippen molar-refractivity contribution in [2.75, 3.05) is 0 Å². The van der Waals surface area contributed by atoms with Crippen LogP contribution in [0, 0.1) is 0 Å². The molecule has 0 N–H and O–H groups in total. The van der Waals surface area contributed by atoms with Crippen LogP contribution in [-0.4, -0.2) is 17.4 Å². The Labute approximate surface area is 104 Å².